The number of methoxy groups -OCH3 is 1. The Morgan fingerprint density at radius 3 is 2.81 bits per heavy atom. The van der Waals surface area contributed by atoms with E-state index in [1.165, 1.54) is 5.56 Å². The van der Waals surface area contributed by atoms with Gasteiger partial charge in [-0.05, 0) is 43.5 Å². The number of likely N-dealkylation sites (tertiary alicyclic amines) is 1. The lowest BCUT2D eigenvalue weighted by atomic mass is 9.97. The van der Waals surface area contributed by atoms with Crippen molar-refractivity contribution in [3.63, 3.8) is 0 Å². The Morgan fingerprint density at radius 2 is 2.03 bits per heavy atom. The minimum atomic E-state index is -0.0752. The van der Waals surface area contributed by atoms with Crippen LogP contribution in [0, 0.1) is 0 Å². The molecule has 1 aliphatic rings. The highest BCUT2D eigenvalue weighted by Crippen LogP contribution is 2.31. The zero-order valence-electron chi connectivity index (χ0n) is 18.2. The van der Waals surface area contributed by atoms with Crippen LogP contribution in [-0.2, 0) is 0 Å². The lowest BCUT2D eigenvalue weighted by Gasteiger charge is -2.27. The minimum Gasteiger partial charge on any atom is -0.494 e. The molecular formula is C24H28N6O. The van der Waals surface area contributed by atoms with Crippen LogP contribution in [0.4, 0.5) is 0 Å². The molecule has 1 aromatic carbocycles. The molecule has 4 heterocycles. The highest BCUT2D eigenvalue weighted by molar-refractivity contribution is 5.86. The Hall–Kier alpha value is -3.03. The average Bonchev–Trinajstić information content (AvgIpc) is 3.41. The largest absolute Gasteiger partial charge is 0.494 e. The van der Waals surface area contributed by atoms with E-state index in [1.807, 2.05) is 40.8 Å². The zero-order valence-corrected chi connectivity index (χ0v) is 18.2. The molecular weight excluding hydrogens is 388 g/mol. The van der Waals surface area contributed by atoms with Crippen molar-refractivity contribution in [3.05, 3.63) is 54.2 Å². The molecule has 0 aliphatic carbocycles. The summed E-state index contributed by atoms with van der Waals surface area (Å²) in [5.41, 5.74) is 10.0. The number of para-hydroxylation sites is 1. The van der Waals surface area contributed by atoms with E-state index >= 15 is 0 Å². The van der Waals surface area contributed by atoms with E-state index in [0.29, 0.717) is 0 Å². The predicted molar refractivity (Wildman–Crippen MR) is 122 cm³/mol. The summed E-state index contributed by atoms with van der Waals surface area (Å²) in [7, 11) is 1.66. The second-order valence-electron chi connectivity index (χ2n) is 8.56. The van der Waals surface area contributed by atoms with Crippen molar-refractivity contribution in [2.75, 3.05) is 20.2 Å². The molecule has 3 aromatic heterocycles. The van der Waals surface area contributed by atoms with Crippen LogP contribution in [0.15, 0.2) is 48.7 Å². The van der Waals surface area contributed by atoms with Crippen molar-refractivity contribution in [1.82, 2.24) is 24.5 Å². The number of nitrogens with two attached hydrogens (primary N) is 1. The van der Waals surface area contributed by atoms with Gasteiger partial charge in [-0.15, -0.1) is 10.2 Å². The number of rotatable bonds is 5. The molecule has 4 aromatic rings. The van der Waals surface area contributed by atoms with Gasteiger partial charge in [0.05, 0.1) is 7.11 Å². The molecule has 2 atom stereocenters. The van der Waals surface area contributed by atoms with Gasteiger partial charge in [-0.1, -0.05) is 31.2 Å². The van der Waals surface area contributed by atoms with E-state index in [9.17, 15) is 0 Å². The molecule has 31 heavy (non-hydrogen) atoms. The number of aromatic nitrogens is 4. The second-order valence-corrected chi connectivity index (χ2v) is 8.56. The van der Waals surface area contributed by atoms with E-state index in [2.05, 4.69) is 41.2 Å². The summed E-state index contributed by atoms with van der Waals surface area (Å²) in [6.07, 6.45) is 4.17. The molecule has 7 heteroatoms. The van der Waals surface area contributed by atoms with Crippen LogP contribution in [0.1, 0.15) is 38.3 Å². The first-order valence-electron chi connectivity index (χ1n) is 10.8. The quantitative estimate of drug-likeness (QED) is 0.533. The van der Waals surface area contributed by atoms with Gasteiger partial charge in [-0.2, -0.15) is 0 Å². The van der Waals surface area contributed by atoms with Crippen molar-refractivity contribution in [3.8, 4) is 17.3 Å². The van der Waals surface area contributed by atoms with Gasteiger partial charge in [0, 0.05) is 36.3 Å². The van der Waals surface area contributed by atoms with Gasteiger partial charge in [0.1, 0.15) is 17.0 Å². The third-order valence-corrected chi connectivity index (χ3v) is 6.71. The van der Waals surface area contributed by atoms with Crippen LogP contribution in [0.25, 0.3) is 28.1 Å². The maximum absolute atomic E-state index is 6.52. The Kier molecular flexibility index (Phi) is 4.87. The zero-order chi connectivity index (χ0) is 21.6. The Morgan fingerprint density at radius 1 is 1.16 bits per heavy atom. The third-order valence-electron chi connectivity index (χ3n) is 6.71. The fourth-order valence-corrected chi connectivity index (χ4v) is 4.50. The molecule has 1 saturated heterocycles. The molecule has 2 N–H and O–H groups in total. The SMILES string of the molecule is CCC1(N)CCN([C@H](C)c2ccc3nnc(-c4ccc5cccc(OC)c5n4)n3c2)C1. The monoisotopic (exact) mass is 416 g/mol. The number of pyridine rings is 2. The summed E-state index contributed by atoms with van der Waals surface area (Å²) < 4.78 is 7.53. The summed E-state index contributed by atoms with van der Waals surface area (Å²) in [4.78, 5) is 7.31. The molecule has 1 aliphatic heterocycles. The first kappa shape index (κ1) is 19.9. The van der Waals surface area contributed by atoms with Gasteiger partial charge in [-0.25, -0.2) is 4.98 Å². The number of benzene rings is 1. The van der Waals surface area contributed by atoms with Gasteiger partial charge in [0.2, 0.25) is 0 Å². The van der Waals surface area contributed by atoms with E-state index in [-0.39, 0.29) is 11.6 Å². The van der Waals surface area contributed by atoms with Crippen molar-refractivity contribution < 1.29 is 4.74 Å². The molecule has 5 rings (SSSR count). The van der Waals surface area contributed by atoms with Gasteiger partial charge in [0.15, 0.2) is 11.5 Å². The highest BCUT2D eigenvalue weighted by Gasteiger charge is 2.35. The number of hydrogen-bond acceptors (Lipinski definition) is 6. The van der Waals surface area contributed by atoms with Crippen LogP contribution in [0.2, 0.25) is 0 Å². The molecule has 0 spiro atoms. The lowest BCUT2D eigenvalue weighted by Crippen LogP contribution is -2.42. The van der Waals surface area contributed by atoms with Gasteiger partial charge in [-0.3, -0.25) is 9.30 Å². The number of nitrogens with zero attached hydrogens (tertiary/aromatic N) is 5. The number of fused-ring (bicyclic) bond motifs is 2. The molecule has 1 fully saturated rings. The second kappa shape index (κ2) is 7.59. The van der Waals surface area contributed by atoms with Gasteiger partial charge in [0.25, 0.3) is 0 Å². The Labute approximate surface area is 181 Å². The number of ether oxygens (including phenoxy) is 1. The van der Waals surface area contributed by atoms with Gasteiger partial charge >= 0.3 is 0 Å². The maximum atomic E-state index is 6.52. The van der Waals surface area contributed by atoms with Crippen LogP contribution < -0.4 is 10.5 Å². The van der Waals surface area contributed by atoms with Crippen molar-refractivity contribution in [2.45, 2.75) is 38.3 Å². The van der Waals surface area contributed by atoms with E-state index in [1.54, 1.807) is 7.11 Å². The minimum absolute atomic E-state index is 0.0752. The molecule has 160 valence electrons. The topological polar surface area (TPSA) is 81.6 Å². The summed E-state index contributed by atoms with van der Waals surface area (Å²) in [6.45, 7) is 6.36. The molecule has 0 saturated carbocycles. The van der Waals surface area contributed by atoms with Crippen LogP contribution in [0.3, 0.4) is 0 Å². The molecule has 0 amide bonds. The summed E-state index contributed by atoms with van der Waals surface area (Å²) in [5.74, 6) is 1.47. The van der Waals surface area contributed by atoms with Crippen molar-refractivity contribution in [1.29, 1.82) is 0 Å². The summed E-state index contributed by atoms with van der Waals surface area (Å²) in [6, 6.07) is 14.4. The van der Waals surface area contributed by atoms with E-state index < -0.39 is 0 Å². The molecule has 0 radical (unpaired) electrons. The fourth-order valence-electron chi connectivity index (χ4n) is 4.50. The van der Waals surface area contributed by atoms with Crippen LogP contribution in [-0.4, -0.2) is 50.2 Å². The van der Waals surface area contributed by atoms with Crippen LogP contribution >= 0.6 is 0 Å². The first-order chi connectivity index (χ1) is 15.0. The fraction of sp³-hybridized carbons (Fsp3) is 0.375. The van der Waals surface area contributed by atoms with Gasteiger partial charge < -0.3 is 10.5 Å². The molecule has 7 nitrogen and oxygen atoms in total. The normalized spacial score (nSPS) is 20.5. The van der Waals surface area contributed by atoms with E-state index in [4.69, 9.17) is 15.5 Å². The lowest BCUT2D eigenvalue weighted by molar-refractivity contribution is 0.242. The summed E-state index contributed by atoms with van der Waals surface area (Å²) >= 11 is 0. The predicted octanol–water partition coefficient (Wildman–Crippen LogP) is 3.83. The number of hydrogen-bond donors (Lipinski definition) is 1. The van der Waals surface area contributed by atoms with E-state index in [0.717, 1.165) is 59.7 Å². The van der Waals surface area contributed by atoms with Crippen molar-refractivity contribution >= 4 is 16.6 Å². The standard InChI is InChI=1S/C24H28N6O/c1-4-24(25)12-13-29(15-24)16(2)18-9-11-21-27-28-23(30(21)14-18)19-10-8-17-6-5-7-20(31-3)22(17)26-19/h5-11,14,16H,4,12-13,15,25H2,1-3H3/t16-,24?/m1/s1. The average molecular weight is 417 g/mol. The van der Waals surface area contributed by atoms with Crippen LogP contribution in [0.5, 0.6) is 5.75 Å². The maximum Gasteiger partial charge on any atom is 0.187 e. The Balaban J connectivity index is 1.53. The highest BCUT2D eigenvalue weighted by atomic mass is 16.5. The molecule has 0 bridgehead atoms. The first-order valence-corrected chi connectivity index (χ1v) is 10.8. The summed E-state index contributed by atoms with van der Waals surface area (Å²) in [5, 5.41) is 9.83. The van der Waals surface area contributed by atoms with Crippen molar-refractivity contribution in [2.24, 2.45) is 5.73 Å². The molecule has 1 unspecified atom stereocenters. The third kappa shape index (κ3) is 3.43. The smallest absolute Gasteiger partial charge is 0.187 e. The Bertz CT molecular complexity index is 1250.